The van der Waals surface area contributed by atoms with Gasteiger partial charge in [-0.2, -0.15) is 0 Å². The minimum atomic E-state index is 0.739. The summed E-state index contributed by atoms with van der Waals surface area (Å²) in [6, 6.07) is 0.739. The van der Waals surface area contributed by atoms with Crippen molar-refractivity contribution in [1.82, 2.24) is 15.2 Å². The lowest BCUT2D eigenvalue weighted by Gasteiger charge is -2.41. The first-order chi connectivity index (χ1) is 8.93. The van der Waals surface area contributed by atoms with Gasteiger partial charge in [0.2, 0.25) is 0 Å². The minimum Gasteiger partial charge on any atom is -0.314 e. The second-order valence-corrected chi connectivity index (χ2v) is 6.54. The number of rotatable bonds is 3. The largest absolute Gasteiger partial charge is 0.314 e. The van der Waals surface area contributed by atoms with Crippen molar-refractivity contribution in [2.24, 2.45) is 5.92 Å². The third-order valence-corrected chi connectivity index (χ3v) is 5.18. The maximum Gasteiger partial charge on any atom is 0.107 e. The Morgan fingerprint density at radius 1 is 1.33 bits per heavy atom. The summed E-state index contributed by atoms with van der Waals surface area (Å²) in [5, 5.41) is 6.95. The molecule has 0 aromatic carbocycles. The molecule has 1 saturated heterocycles. The van der Waals surface area contributed by atoms with E-state index in [1.807, 2.05) is 6.20 Å². The molecular formula is C14H23N3S. The lowest BCUT2D eigenvalue weighted by atomic mass is 9.82. The van der Waals surface area contributed by atoms with Gasteiger partial charge in [-0.15, -0.1) is 11.3 Å². The molecule has 1 unspecified atom stereocenters. The molecule has 0 radical (unpaired) electrons. The van der Waals surface area contributed by atoms with E-state index in [2.05, 4.69) is 20.6 Å². The average Bonchev–Trinajstić information content (AvgIpc) is 2.93. The standard InChI is InChI=1S/C14H23N3S/c1-2-4-12(5-3-1)13-10-15-6-8-17(13)11-14-16-7-9-18-14/h7,9,12-13,15H,1-6,8,10-11H2. The summed E-state index contributed by atoms with van der Waals surface area (Å²) in [7, 11) is 0. The predicted molar refractivity (Wildman–Crippen MR) is 75.8 cm³/mol. The number of thiazole rings is 1. The van der Waals surface area contributed by atoms with Gasteiger partial charge in [0.15, 0.2) is 0 Å². The average molecular weight is 265 g/mol. The molecule has 2 heterocycles. The van der Waals surface area contributed by atoms with Crippen LogP contribution in [0.5, 0.6) is 0 Å². The number of hydrogen-bond donors (Lipinski definition) is 1. The summed E-state index contributed by atoms with van der Waals surface area (Å²) in [5.41, 5.74) is 0. The molecular weight excluding hydrogens is 242 g/mol. The fourth-order valence-electron chi connectivity index (χ4n) is 3.45. The molecule has 1 atom stereocenters. The number of nitrogens with one attached hydrogen (secondary N) is 1. The molecule has 1 aliphatic heterocycles. The molecule has 0 amide bonds. The van der Waals surface area contributed by atoms with Crippen molar-refractivity contribution in [2.45, 2.75) is 44.7 Å². The SMILES string of the molecule is c1csc(CN2CCNCC2C2CCCCC2)n1. The molecule has 2 fully saturated rings. The number of nitrogens with zero attached hydrogens (tertiary/aromatic N) is 2. The van der Waals surface area contributed by atoms with Gasteiger partial charge in [0.05, 0.1) is 6.54 Å². The van der Waals surface area contributed by atoms with Crippen LogP contribution in [0, 0.1) is 5.92 Å². The highest BCUT2D eigenvalue weighted by Gasteiger charge is 2.30. The van der Waals surface area contributed by atoms with Crippen molar-refractivity contribution < 1.29 is 0 Å². The smallest absolute Gasteiger partial charge is 0.107 e. The zero-order valence-corrected chi connectivity index (χ0v) is 11.8. The summed E-state index contributed by atoms with van der Waals surface area (Å²) in [6.07, 6.45) is 9.11. The van der Waals surface area contributed by atoms with Crippen LogP contribution in [0.4, 0.5) is 0 Å². The molecule has 3 nitrogen and oxygen atoms in total. The van der Waals surface area contributed by atoms with Crippen molar-refractivity contribution >= 4 is 11.3 Å². The summed E-state index contributed by atoms with van der Waals surface area (Å²) in [5.74, 6) is 0.909. The molecule has 1 saturated carbocycles. The third kappa shape index (κ3) is 2.92. The van der Waals surface area contributed by atoms with Crippen LogP contribution in [0.25, 0.3) is 0 Å². The van der Waals surface area contributed by atoms with Crippen LogP contribution in [0.2, 0.25) is 0 Å². The van der Waals surface area contributed by atoms with Gasteiger partial charge in [0.25, 0.3) is 0 Å². The fourth-order valence-corrected chi connectivity index (χ4v) is 4.09. The number of piperazine rings is 1. The van der Waals surface area contributed by atoms with E-state index in [0.29, 0.717) is 0 Å². The van der Waals surface area contributed by atoms with Crippen LogP contribution in [-0.4, -0.2) is 35.6 Å². The van der Waals surface area contributed by atoms with Gasteiger partial charge in [0.1, 0.15) is 5.01 Å². The summed E-state index contributed by atoms with van der Waals surface area (Å²) >= 11 is 1.79. The van der Waals surface area contributed by atoms with Gasteiger partial charge in [-0.05, 0) is 18.8 Å². The third-order valence-electron chi connectivity index (χ3n) is 4.41. The van der Waals surface area contributed by atoms with Crippen molar-refractivity contribution in [3.05, 3.63) is 16.6 Å². The molecule has 1 N–H and O–H groups in total. The Balaban J connectivity index is 1.65. The Bertz CT molecular complexity index is 346. The zero-order valence-electron chi connectivity index (χ0n) is 11.0. The molecule has 4 heteroatoms. The molecule has 100 valence electrons. The Morgan fingerprint density at radius 3 is 3.00 bits per heavy atom. The quantitative estimate of drug-likeness (QED) is 0.910. The summed E-state index contributed by atoms with van der Waals surface area (Å²) in [4.78, 5) is 7.12. The summed E-state index contributed by atoms with van der Waals surface area (Å²) < 4.78 is 0. The highest BCUT2D eigenvalue weighted by atomic mass is 32.1. The molecule has 1 aromatic heterocycles. The second-order valence-electron chi connectivity index (χ2n) is 5.57. The van der Waals surface area contributed by atoms with Crippen LogP contribution in [0.3, 0.4) is 0 Å². The number of hydrogen-bond acceptors (Lipinski definition) is 4. The van der Waals surface area contributed by atoms with Gasteiger partial charge < -0.3 is 5.32 Å². The molecule has 1 aliphatic carbocycles. The Morgan fingerprint density at radius 2 is 2.22 bits per heavy atom. The Hall–Kier alpha value is -0.450. The Kier molecular flexibility index (Phi) is 4.28. The lowest BCUT2D eigenvalue weighted by Crippen LogP contribution is -2.54. The maximum absolute atomic E-state index is 4.45. The van der Waals surface area contributed by atoms with E-state index in [1.54, 1.807) is 11.3 Å². The lowest BCUT2D eigenvalue weighted by molar-refractivity contribution is 0.0859. The number of aromatic nitrogens is 1. The van der Waals surface area contributed by atoms with Gasteiger partial charge in [-0.1, -0.05) is 19.3 Å². The van der Waals surface area contributed by atoms with Crippen molar-refractivity contribution in [3.8, 4) is 0 Å². The fraction of sp³-hybridized carbons (Fsp3) is 0.786. The van der Waals surface area contributed by atoms with E-state index in [0.717, 1.165) is 25.0 Å². The highest BCUT2D eigenvalue weighted by Crippen LogP contribution is 2.30. The van der Waals surface area contributed by atoms with E-state index >= 15 is 0 Å². The van der Waals surface area contributed by atoms with Gasteiger partial charge in [0, 0.05) is 37.3 Å². The van der Waals surface area contributed by atoms with Crippen molar-refractivity contribution in [3.63, 3.8) is 0 Å². The normalized spacial score (nSPS) is 27.4. The van der Waals surface area contributed by atoms with Crippen LogP contribution < -0.4 is 5.32 Å². The first-order valence-corrected chi connectivity index (χ1v) is 8.14. The van der Waals surface area contributed by atoms with Gasteiger partial charge in [-0.3, -0.25) is 4.90 Å². The van der Waals surface area contributed by atoms with E-state index in [4.69, 9.17) is 0 Å². The predicted octanol–water partition coefficient (Wildman–Crippen LogP) is 2.50. The van der Waals surface area contributed by atoms with Crippen LogP contribution in [0.15, 0.2) is 11.6 Å². The minimum absolute atomic E-state index is 0.739. The maximum atomic E-state index is 4.45. The first kappa shape index (κ1) is 12.6. The van der Waals surface area contributed by atoms with E-state index in [9.17, 15) is 0 Å². The van der Waals surface area contributed by atoms with Gasteiger partial charge in [-0.25, -0.2) is 4.98 Å². The molecule has 1 aromatic rings. The topological polar surface area (TPSA) is 28.2 Å². The van der Waals surface area contributed by atoms with Crippen LogP contribution >= 0.6 is 11.3 Å². The summed E-state index contributed by atoms with van der Waals surface area (Å²) in [6.45, 7) is 4.55. The molecule has 0 spiro atoms. The van der Waals surface area contributed by atoms with Crippen molar-refractivity contribution in [2.75, 3.05) is 19.6 Å². The van der Waals surface area contributed by atoms with Crippen LogP contribution in [-0.2, 0) is 6.54 Å². The van der Waals surface area contributed by atoms with Crippen LogP contribution in [0.1, 0.15) is 37.1 Å². The second kappa shape index (κ2) is 6.13. The monoisotopic (exact) mass is 265 g/mol. The van der Waals surface area contributed by atoms with E-state index in [1.165, 1.54) is 50.2 Å². The Labute approximate surface area is 114 Å². The molecule has 18 heavy (non-hydrogen) atoms. The van der Waals surface area contributed by atoms with E-state index in [-0.39, 0.29) is 0 Å². The van der Waals surface area contributed by atoms with Gasteiger partial charge >= 0.3 is 0 Å². The molecule has 0 bridgehead atoms. The van der Waals surface area contributed by atoms with Crippen molar-refractivity contribution in [1.29, 1.82) is 0 Å². The highest BCUT2D eigenvalue weighted by molar-refractivity contribution is 7.09. The van der Waals surface area contributed by atoms with E-state index < -0.39 is 0 Å². The first-order valence-electron chi connectivity index (χ1n) is 7.26. The molecule has 3 rings (SSSR count). The zero-order chi connectivity index (χ0) is 12.2. The molecule has 2 aliphatic rings.